The van der Waals surface area contributed by atoms with Crippen LogP contribution in [0, 0.1) is 0 Å². The Labute approximate surface area is 201 Å². The number of aliphatic hydroxyl groups excluding tert-OH is 1. The molecule has 3 N–H and O–H groups in total. The molecule has 1 aliphatic heterocycles. The highest BCUT2D eigenvalue weighted by molar-refractivity contribution is 8.08. The summed E-state index contributed by atoms with van der Waals surface area (Å²) in [5, 5.41) is 9.19. The number of alkyl halides is 3. The normalized spacial score (nSPS) is 19.8. The van der Waals surface area contributed by atoms with E-state index in [1.807, 2.05) is 6.92 Å². The summed E-state index contributed by atoms with van der Waals surface area (Å²) in [7, 11) is 1.45. The van der Waals surface area contributed by atoms with Crippen molar-refractivity contribution < 1.29 is 27.8 Å². The lowest BCUT2D eigenvalue weighted by molar-refractivity contribution is -0.274. The average molecular weight is 516 g/mol. The number of benzene rings is 1. The molecule has 0 radical (unpaired) electrons. The zero-order chi connectivity index (χ0) is 25.5. The number of hydrogen-bond acceptors (Lipinski definition) is 8. The summed E-state index contributed by atoms with van der Waals surface area (Å²) in [6.07, 6.45) is -4.67. The number of rotatable bonds is 9. The van der Waals surface area contributed by atoms with Crippen LogP contribution in [0.15, 0.2) is 33.9 Å². The van der Waals surface area contributed by atoms with E-state index in [-0.39, 0.29) is 59.0 Å². The van der Waals surface area contributed by atoms with E-state index in [0.29, 0.717) is 6.54 Å². The monoisotopic (exact) mass is 515 g/mol. The fourth-order valence-electron chi connectivity index (χ4n) is 3.73. The van der Waals surface area contributed by atoms with Crippen LogP contribution in [0.2, 0.25) is 0 Å². The first-order valence-corrected chi connectivity index (χ1v) is 11.6. The molecule has 190 valence electrons. The molecule has 1 fully saturated rings. The molecule has 0 saturated carbocycles. The van der Waals surface area contributed by atoms with Crippen molar-refractivity contribution in [3.05, 3.63) is 45.1 Å². The van der Waals surface area contributed by atoms with Gasteiger partial charge in [-0.3, -0.25) is 18.5 Å². The molecule has 1 saturated heterocycles. The molecule has 10 nitrogen and oxygen atoms in total. The van der Waals surface area contributed by atoms with Gasteiger partial charge >= 0.3 is 18.1 Å². The topological polar surface area (TPSA) is 127 Å². The summed E-state index contributed by atoms with van der Waals surface area (Å²) < 4.78 is 51.2. The molecule has 0 spiro atoms. The molecule has 4 rings (SSSR count). The molecule has 0 amide bonds. The second kappa shape index (κ2) is 9.24. The van der Waals surface area contributed by atoms with Gasteiger partial charge in [0.15, 0.2) is 11.2 Å². The number of aromatic nitrogens is 4. The van der Waals surface area contributed by atoms with Crippen LogP contribution in [0.5, 0.6) is 17.5 Å². The van der Waals surface area contributed by atoms with Crippen molar-refractivity contribution in [1.29, 1.82) is 0 Å². The van der Waals surface area contributed by atoms with Crippen molar-refractivity contribution in [1.82, 2.24) is 18.7 Å². The molecule has 1 aliphatic rings. The molecule has 1 unspecified atom stereocenters. The number of ether oxygens (including phenoxy) is 2. The van der Waals surface area contributed by atoms with Crippen LogP contribution in [0.3, 0.4) is 0 Å². The Morgan fingerprint density at radius 2 is 1.97 bits per heavy atom. The second-order valence-corrected chi connectivity index (χ2v) is 10.0. The minimum Gasteiger partial charge on any atom is -0.425 e. The van der Waals surface area contributed by atoms with Crippen molar-refractivity contribution >= 4 is 22.9 Å². The molecule has 3 aromatic rings. The summed E-state index contributed by atoms with van der Waals surface area (Å²) in [6, 6.07) is 4.85. The lowest BCUT2D eigenvalue weighted by Gasteiger charge is -2.13. The van der Waals surface area contributed by atoms with Crippen molar-refractivity contribution in [3.8, 4) is 17.5 Å². The molecular formula is C21H24F3N5O5S. The quantitative estimate of drug-likeness (QED) is 0.413. The van der Waals surface area contributed by atoms with Gasteiger partial charge in [0, 0.05) is 49.4 Å². The van der Waals surface area contributed by atoms with Crippen LogP contribution in [0.1, 0.15) is 13.3 Å². The third-order valence-electron chi connectivity index (χ3n) is 5.77. The van der Waals surface area contributed by atoms with E-state index in [9.17, 15) is 22.8 Å². The number of imidazole rings is 1. The van der Waals surface area contributed by atoms with Crippen LogP contribution in [0.4, 0.5) is 13.2 Å². The van der Waals surface area contributed by atoms with E-state index in [4.69, 9.17) is 15.6 Å². The Kier molecular flexibility index (Phi) is 6.64. The smallest absolute Gasteiger partial charge is 0.425 e. The lowest BCUT2D eigenvalue weighted by Crippen LogP contribution is -2.40. The highest BCUT2D eigenvalue weighted by Crippen LogP contribution is 2.53. The minimum absolute atomic E-state index is 0.000973. The van der Waals surface area contributed by atoms with E-state index in [1.54, 1.807) is 11.8 Å². The van der Waals surface area contributed by atoms with Crippen molar-refractivity contribution in [2.24, 2.45) is 12.8 Å². The first kappa shape index (κ1) is 25.1. The predicted molar refractivity (Wildman–Crippen MR) is 123 cm³/mol. The first-order chi connectivity index (χ1) is 16.5. The summed E-state index contributed by atoms with van der Waals surface area (Å²) in [5.74, 6) is -0.483. The highest BCUT2D eigenvalue weighted by Gasteiger charge is 2.50. The number of aliphatic hydroxyl groups is 1. The molecule has 1 aromatic carbocycles. The number of halogens is 3. The maximum Gasteiger partial charge on any atom is 0.573 e. The molecular weight excluding hydrogens is 491 g/mol. The predicted octanol–water partition coefficient (Wildman–Crippen LogP) is 1.80. The Morgan fingerprint density at radius 3 is 2.60 bits per heavy atom. The van der Waals surface area contributed by atoms with Gasteiger partial charge in [-0.1, -0.05) is 6.07 Å². The largest absolute Gasteiger partial charge is 0.573 e. The summed E-state index contributed by atoms with van der Waals surface area (Å²) >= 11 is 1.62. The highest BCUT2D eigenvalue weighted by atomic mass is 32.2. The number of aryl methyl sites for hydroxylation is 1. The van der Waals surface area contributed by atoms with E-state index in [2.05, 4.69) is 9.72 Å². The van der Waals surface area contributed by atoms with Gasteiger partial charge in [-0.05, 0) is 25.5 Å². The van der Waals surface area contributed by atoms with E-state index in [0.717, 1.165) is 16.7 Å². The molecule has 0 aliphatic carbocycles. The summed E-state index contributed by atoms with van der Waals surface area (Å²) in [5.41, 5.74) is 4.82. The zero-order valence-electron chi connectivity index (χ0n) is 18.9. The maximum absolute atomic E-state index is 13.3. The molecule has 2 aromatic heterocycles. The van der Waals surface area contributed by atoms with Gasteiger partial charge in [0.25, 0.3) is 5.56 Å². The first-order valence-electron chi connectivity index (χ1n) is 10.7. The second-order valence-electron chi connectivity index (χ2n) is 8.30. The van der Waals surface area contributed by atoms with Crippen LogP contribution < -0.4 is 26.5 Å². The molecule has 2 atom stereocenters. The number of thioether (sulfide) groups is 1. The minimum atomic E-state index is -4.88. The van der Waals surface area contributed by atoms with Crippen molar-refractivity contribution in [2.75, 3.05) is 13.2 Å². The van der Waals surface area contributed by atoms with Crippen molar-refractivity contribution in [3.63, 3.8) is 0 Å². The van der Waals surface area contributed by atoms with Gasteiger partial charge in [-0.2, -0.15) is 4.98 Å². The van der Waals surface area contributed by atoms with Crippen LogP contribution >= 0.6 is 11.8 Å². The maximum atomic E-state index is 13.3. The van der Waals surface area contributed by atoms with Crippen LogP contribution in [0.25, 0.3) is 11.2 Å². The number of nitrogens with zero attached hydrogens (tertiary/aromatic N) is 4. The third-order valence-corrected chi connectivity index (χ3v) is 7.46. The van der Waals surface area contributed by atoms with E-state index in [1.165, 1.54) is 28.3 Å². The Hall–Kier alpha value is -2.97. The van der Waals surface area contributed by atoms with Gasteiger partial charge in [-0.25, -0.2) is 4.79 Å². The van der Waals surface area contributed by atoms with E-state index < -0.39 is 23.4 Å². The number of nitrogens with two attached hydrogens (primary N) is 1. The van der Waals surface area contributed by atoms with Crippen LogP contribution in [-0.2, 0) is 20.1 Å². The average Bonchev–Trinajstić information content (AvgIpc) is 3.30. The third kappa shape index (κ3) is 5.04. The van der Waals surface area contributed by atoms with Crippen LogP contribution in [-0.4, -0.2) is 53.3 Å². The Morgan fingerprint density at radius 1 is 1.26 bits per heavy atom. The fraction of sp³-hybridized carbons (Fsp3) is 0.476. The van der Waals surface area contributed by atoms with Gasteiger partial charge in [0.1, 0.15) is 11.5 Å². The number of hydrogen-bond donors (Lipinski definition) is 2. The molecule has 3 heterocycles. The Balaban J connectivity index is 1.82. The van der Waals surface area contributed by atoms with Crippen molar-refractivity contribution in [2.45, 2.75) is 42.8 Å². The van der Waals surface area contributed by atoms with Gasteiger partial charge < -0.3 is 20.3 Å². The summed E-state index contributed by atoms with van der Waals surface area (Å²) in [4.78, 5) is 30.4. The molecule has 14 heteroatoms. The Bertz CT molecular complexity index is 1370. The molecule has 0 bridgehead atoms. The number of fused-ring (bicyclic) bond motifs is 1. The lowest BCUT2D eigenvalue weighted by atomic mass is 10.1. The van der Waals surface area contributed by atoms with Gasteiger partial charge in [0.2, 0.25) is 0 Å². The SMILES string of the molecule is Cn1c(=O)n(CCCO)c(=O)c2c1nc(Oc1cccc(OC(F)(F)F)c1)n2C[C@H]1SC1(C)CN. The summed E-state index contributed by atoms with van der Waals surface area (Å²) in [6.45, 7) is 2.47. The molecule has 35 heavy (non-hydrogen) atoms. The zero-order valence-corrected chi connectivity index (χ0v) is 19.7. The van der Waals surface area contributed by atoms with Gasteiger partial charge in [0.05, 0.1) is 0 Å². The standard InChI is InChI=1S/C21H24F3N5O5S/c1-20(11-25)14(35-20)10-29-15-16(27(2)19(32)28(17(15)31)7-4-8-30)26-18(29)33-12-5-3-6-13(9-12)34-21(22,23)24/h3,5-6,9,14,30H,4,7-8,10-11,25H2,1-2H3/t14-,20?/m1/s1. The fourth-order valence-corrected chi connectivity index (χ4v) is 4.80. The van der Waals surface area contributed by atoms with Gasteiger partial charge in [-0.15, -0.1) is 24.9 Å². The van der Waals surface area contributed by atoms with E-state index >= 15 is 0 Å².